The van der Waals surface area contributed by atoms with Gasteiger partial charge >= 0.3 is 0 Å². The first-order valence-electron chi connectivity index (χ1n) is 10.2. The summed E-state index contributed by atoms with van der Waals surface area (Å²) in [5, 5.41) is 3.00. The molecule has 0 aliphatic carbocycles. The standard InChI is InChI=1S/C24H31BrN2O2/c1-5-18(3)26-24(29)19(4)27(16-21-7-6-8-22(25)15-21)23(28)14-13-20-11-9-17(2)10-12-20/h6-12,15,18-19H,5,13-14,16H2,1-4H3,(H,26,29)/t18-,19+/m1/s1. The molecule has 0 heterocycles. The largest absolute Gasteiger partial charge is 0.352 e. The summed E-state index contributed by atoms with van der Waals surface area (Å²) in [4.78, 5) is 27.5. The van der Waals surface area contributed by atoms with Gasteiger partial charge in [-0.3, -0.25) is 9.59 Å². The van der Waals surface area contributed by atoms with E-state index in [1.54, 1.807) is 11.8 Å². The average molecular weight is 459 g/mol. The van der Waals surface area contributed by atoms with Gasteiger partial charge in [0.25, 0.3) is 0 Å². The summed E-state index contributed by atoms with van der Waals surface area (Å²) in [5.41, 5.74) is 3.32. The number of rotatable bonds is 9. The first-order chi connectivity index (χ1) is 13.8. The first-order valence-corrected chi connectivity index (χ1v) is 11.0. The van der Waals surface area contributed by atoms with Crippen molar-refractivity contribution in [3.8, 4) is 0 Å². The molecule has 156 valence electrons. The van der Waals surface area contributed by atoms with E-state index in [9.17, 15) is 9.59 Å². The highest BCUT2D eigenvalue weighted by molar-refractivity contribution is 9.10. The van der Waals surface area contributed by atoms with E-state index in [4.69, 9.17) is 0 Å². The molecule has 2 atom stereocenters. The van der Waals surface area contributed by atoms with Crippen LogP contribution in [-0.2, 0) is 22.6 Å². The maximum atomic E-state index is 13.1. The summed E-state index contributed by atoms with van der Waals surface area (Å²) in [5.74, 6) is -0.129. The molecule has 5 heteroatoms. The van der Waals surface area contributed by atoms with Gasteiger partial charge < -0.3 is 10.2 Å². The summed E-state index contributed by atoms with van der Waals surface area (Å²) in [7, 11) is 0. The molecule has 2 aromatic carbocycles. The third-order valence-corrected chi connectivity index (χ3v) is 5.65. The van der Waals surface area contributed by atoms with Crippen LogP contribution in [0.5, 0.6) is 0 Å². The summed E-state index contributed by atoms with van der Waals surface area (Å²) in [6.45, 7) is 8.26. The van der Waals surface area contributed by atoms with Crippen molar-refractivity contribution < 1.29 is 9.59 Å². The molecule has 0 radical (unpaired) electrons. The molecule has 1 N–H and O–H groups in total. The van der Waals surface area contributed by atoms with Crippen molar-refractivity contribution in [1.29, 1.82) is 0 Å². The summed E-state index contributed by atoms with van der Waals surface area (Å²) >= 11 is 3.48. The Morgan fingerprint density at radius 1 is 1.07 bits per heavy atom. The Labute approximate surface area is 182 Å². The van der Waals surface area contributed by atoms with E-state index in [2.05, 4.69) is 45.5 Å². The fourth-order valence-corrected chi connectivity index (χ4v) is 3.48. The van der Waals surface area contributed by atoms with E-state index in [0.29, 0.717) is 19.4 Å². The molecule has 2 rings (SSSR count). The fraction of sp³-hybridized carbons (Fsp3) is 0.417. The normalized spacial score (nSPS) is 12.9. The molecule has 2 amide bonds. The van der Waals surface area contributed by atoms with Crippen LogP contribution in [0.25, 0.3) is 0 Å². The van der Waals surface area contributed by atoms with Gasteiger partial charge in [-0.2, -0.15) is 0 Å². The van der Waals surface area contributed by atoms with E-state index in [1.165, 1.54) is 5.56 Å². The number of nitrogens with zero attached hydrogens (tertiary/aromatic N) is 1. The number of benzene rings is 2. The molecular weight excluding hydrogens is 428 g/mol. The molecule has 0 unspecified atom stereocenters. The Hall–Kier alpha value is -2.14. The summed E-state index contributed by atoms with van der Waals surface area (Å²) in [6.07, 6.45) is 1.89. The Morgan fingerprint density at radius 2 is 1.76 bits per heavy atom. The predicted octanol–water partition coefficient (Wildman–Crippen LogP) is 5.02. The summed E-state index contributed by atoms with van der Waals surface area (Å²) < 4.78 is 0.957. The second-order valence-electron chi connectivity index (χ2n) is 7.63. The number of amides is 2. The van der Waals surface area contributed by atoms with Crippen LogP contribution in [0, 0.1) is 6.92 Å². The van der Waals surface area contributed by atoms with Crippen LogP contribution in [0.15, 0.2) is 53.0 Å². The second-order valence-corrected chi connectivity index (χ2v) is 8.55. The van der Waals surface area contributed by atoms with Gasteiger partial charge in [0.05, 0.1) is 0 Å². The van der Waals surface area contributed by atoms with Crippen LogP contribution < -0.4 is 5.32 Å². The van der Waals surface area contributed by atoms with E-state index in [1.807, 2.05) is 45.0 Å². The fourth-order valence-electron chi connectivity index (χ4n) is 3.03. The van der Waals surface area contributed by atoms with Gasteiger partial charge in [-0.05, 0) is 56.9 Å². The first kappa shape index (κ1) is 23.1. The molecule has 4 nitrogen and oxygen atoms in total. The second kappa shape index (κ2) is 11.1. The van der Waals surface area contributed by atoms with Crippen LogP contribution >= 0.6 is 15.9 Å². The van der Waals surface area contributed by atoms with Crippen LogP contribution in [-0.4, -0.2) is 28.8 Å². The number of aryl methyl sites for hydroxylation is 2. The Morgan fingerprint density at radius 3 is 2.38 bits per heavy atom. The van der Waals surface area contributed by atoms with Crippen molar-refractivity contribution in [2.75, 3.05) is 0 Å². The van der Waals surface area contributed by atoms with Gasteiger partial charge in [0.1, 0.15) is 6.04 Å². The molecule has 0 saturated carbocycles. The molecule has 0 spiro atoms. The Bertz CT molecular complexity index is 820. The van der Waals surface area contributed by atoms with Crippen LogP contribution in [0.1, 0.15) is 50.3 Å². The summed E-state index contributed by atoms with van der Waals surface area (Å²) in [6, 6.07) is 15.6. The molecule has 0 aliphatic rings. The SMILES string of the molecule is CC[C@@H](C)NC(=O)[C@H](C)N(Cc1cccc(Br)c1)C(=O)CCc1ccc(C)cc1. The predicted molar refractivity (Wildman–Crippen MR) is 122 cm³/mol. The van der Waals surface area contributed by atoms with Gasteiger partial charge in [0, 0.05) is 23.5 Å². The maximum absolute atomic E-state index is 13.1. The number of halogens is 1. The van der Waals surface area contributed by atoms with E-state index in [-0.39, 0.29) is 17.9 Å². The smallest absolute Gasteiger partial charge is 0.242 e. The number of carbonyl (C=O) groups excluding carboxylic acids is 2. The maximum Gasteiger partial charge on any atom is 0.242 e. The minimum Gasteiger partial charge on any atom is -0.352 e. The highest BCUT2D eigenvalue weighted by Gasteiger charge is 2.26. The van der Waals surface area contributed by atoms with Crippen molar-refractivity contribution in [3.63, 3.8) is 0 Å². The molecule has 0 bridgehead atoms. The Kier molecular flexibility index (Phi) is 8.90. The lowest BCUT2D eigenvalue weighted by atomic mass is 10.1. The van der Waals surface area contributed by atoms with Gasteiger partial charge in [-0.15, -0.1) is 0 Å². The zero-order valence-electron chi connectivity index (χ0n) is 17.7. The van der Waals surface area contributed by atoms with Crippen molar-refractivity contribution in [1.82, 2.24) is 10.2 Å². The zero-order chi connectivity index (χ0) is 21.4. The average Bonchev–Trinajstić information content (AvgIpc) is 2.70. The minimum atomic E-state index is -0.534. The molecule has 2 aromatic rings. The van der Waals surface area contributed by atoms with Crippen molar-refractivity contribution in [3.05, 3.63) is 69.7 Å². The number of nitrogens with one attached hydrogen (secondary N) is 1. The van der Waals surface area contributed by atoms with E-state index < -0.39 is 6.04 Å². The van der Waals surface area contributed by atoms with Gasteiger partial charge in [-0.1, -0.05) is 64.8 Å². The lowest BCUT2D eigenvalue weighted by molar-refractivity contribution is -0.140. The van der Waals surface area contributed by atoms with E-state index in [0.717, 1.165) is 22.0 Å². The molecule has 0 saturated heterocycles. The molecule has 0 aliphatic heterocycles. The molecule has 0 aromatic heterocycles. The Balaban J connectivity index is 2.14. The molecule has 0 fully saturated rings. The third kappa shape index (κ3) is 7.32. The molecular formula is C24H31BrN2O2. The van der Waals surface area contributed by atoms with Crippen molar-refractivity contribution in [2.24, 2.45) is 0 Å². The number of carbonyl (C=O) groups is 2. The number of hydrogen-bond donors (Lipinski definition) is 1. The van der Waals surface area contributed by atoms with Crippen molar-refractivity contribution in [2.45, 2.75) is 65.6 Å². The number of hydrogen-bond acceptors (Lipinski definition) is 2. The van der Waals surface area contributed by atoms with Crippen LogP contribution in [0.2, 0.25) is 0 Å². The zero-order valence-corrected chi connectivity index (χ0v) is 19.3. The van der Waals surface area contributed by atoms with Gasteiger partial charge in [0.15, 0.2) is 0 Å². The molecule has 29 heavy (non-hydrogen) atoms. The highest BCUT2D eigenvalue weighted by Crippen LogP contribution is 2.17. The van der Waals surface area contributed by atoms with Crippen LogP contribution in [0.4, 0.5) is 0 Å². The highest BCUT2D eigenvalue weighted by atomic mass is 79.9. The quantitative estimate of drug-likeness (QED) is 0.573. The van der Waals surface area contributed by atoms with Crippen molar-refractivity contribution >= 4 is 27.7 Å². The third-order valence-electron chi connectivity index (χ3n) is 5.16. The van der Waals surface area contributed by atoms with Crippen LogP contribution in [0.3, 0.4) is 0 Å². The monoisotopic (exact) mass is 458 g/mol. The minimum absolute atomic E-state index is 0.0163. The van der Waals surface area contributed by atoms with E-state index >= 15 is 0 Å². The lowest BCUT2D eigenvalue weighted by Gasteiger charge is -2.30. The topological polar surface area (TPSA) is 49.4 Å². The lowest BCUT2D eigenvalue weighted by Crippen LogP contribution is -2.49. The van der Waals surface area contributed by atoms with Gasteiger partial charge in [-0.25, -0.2) is 0 Å². The van der Waals surface area contributed by atoms with Gasteiger partial charge in [0.2, 0.25) is 11.8 Å².